The molecule has 2 aliphatic rings. The van der Waals surface area contributed by atoms with E-state index in [2.05, 4.69) is 55.8 Å². The average molecular weight is 344 g/mol. The van der Waals surface area contributed by atoms with E-state index in [0.717, 1.165) is 30.1 Å². The zero-order chi connectivity index (χ0) is 16.4. The standard InChI is InChI=1S/C18H25N5S/c1-15-7-3-4-8-16(15)17-19-20-18-23(17)13-22(14-24-18)12-11-21-9-5-2-6-10-21/h3-4,7-8H,2,5-6,9-14H2,1H3. The van der Waals surface area contributed by atoms with Gasteiger partial charge in [0, 0.05) is 18.7 Å². The summed E-state index contributed by atoms with van der Waals surface area (Å²) in [5, 5.41) is 9.91. The normalized spacial score (nSPS) is 19.4. The van der Waals surface area contributed by atoms with Gasteiger partial charge >= 0.3 is 0 Å². The van der Waals surface area contributed by atoms with Crippen molar-refractivity contribution in [2.24, 2.45) is 0 Å². The number of thioether (sulfide) groups is 1. The van der Waals surface area contributed by atoms with Gasteiger partial charge in [-0.15, -0.1) is 10.2 Å². The third-order valence-corrected chi connectivity index (χ3v) is 6.06. The Morgan fingerprint density at radius 1 is 1.00 bits per heavy atom. The lowest BCUT2D eigenvalue weighted by Gasteiger charge is -2.32. The van der Waals surface area contributed by atoms with Crippen LogP contribution in [0.2, 0.25) is 0 Å². The molecule has 1 aromatic heterocycles. The van der Waals surface area contributed by atoms with Crippen molar-refractivity contribution in [1.29, 1.82) is 0 Å². The van der Waals surface area contributed by atoms with Crippen molar-refractivity contribution in [2.45, 2.75) is 38.0 Å². The largest absolute Gasteiger partial charge is 0.302 e. The number of nitrogens with zero attached hydrogens (tertiary/aromatic N) is 5. The Hall–Kier alpha value is -1.37. The molecule has 3 heterocycles. The van der Waals surface area contributed by atoms with E-state index in [1.807, 2.05) is 0 Å². The molecule has 0 radical (unpaired) electrons. The van der Waals surface area contributed by atoms with Gasteiger partial charge in [0.05, 0.1) is 12.5 Å². The fourth-order valence-corrected chi connectivity index (χ4v) is 4.44. The molecule has 1 fully saturated rings. The maximum atomic E-state index is 4.47. The van der Waals surface area contributed by atoms with Crippen molar-refractivity contribution in [2.75, 3.05) is 32.1 Å². The maximum Gasteiger partial charge on any atom is 0.193 e. The lowest BCUT2D eigenvalue weighted by Crippen LogP contribution is -2.39. The molecule has 2 aromatic rings. The summed E-state index contributed by atoms with van der Waals surface area (Å²) in [6.45, 7) is 7.88. The van der Waals surface area contributed by atoms with Crippen LogP contribution in [0.15, 0.2) is 29.4 Å². The highest BCUT2D eigenvalue weighted by Crippen LogP contribution is 2.30. The molecule has 4 rings (SSSR count). The Labute approximate surface area is 148 Å². The van der Waals surface area contributed by atoms with E-state index in [1.165, 1.54) is 50.0 Å². The molecule has 6 heteroatoms. The SMILES string of the molecule is Cc1ccccc1-c1nnc2n1CN(CCN1CCCCC1)CS2. The van der Waals surface area contributed by atoms with Crippen LogP contribution in [0.4, 0.5) is 0 Å². The molecule has 1 aromatic carbocycles. The van der Waals surface area contributed by atoms with Crippen LogP contribution in [0.1, 0.15) is 24.8 Å². The molecule has 24 heavy (non-hydrogen) atoms. The minimum absolute atomic E-state index is 0.896. The molecule has 0 saturated carbocycles. The van der Waals surface area contributed by atoms with Crippen molar-refractivity contribution in [3.63, 3.8) is 0 Å². The number of hydrogen-bond donors (Lipinski definition) is 0. The molecule has 0 spiro atoms. The van der Waals surface area contributed by atoms with E-state index in [9.17, 15) is 0 Å². The molecule has 0 aliphatic carbocycles. The van der Waals surface area contributed by atoms with Crippen LogP contribution in [-0.2, 0) is 6.67 Å². The van der Waals surface area contributed by atoms with Crippen molar-refractivity contribution < 1.29 is 0 Å². The zero-order valence-corrected chi connectivity index (χ0v) is 15.1. The molecule has 0 bridgehead atoms. The topological polar surface area (TPSA) is 37.2 Å². The van der Waals surface area contributed by atoms with Crippen LogP contribution in [0, 0.1) is 6.92 Å². The molecule has 0 atom stereocenters. The van der Waals surface area contributed by atoms with Crippen molar-refractivity contribution in [3.05, 3.63) is 29.8 Å². The van der Waals surface area contributed by atoms with Crippen LogP contribution in [0.5, 0.6) is 0 Å². The Bertz CT molecular complexity index is 692. The molecular weight excluding hydrogens is 318 g/mol. The van der Waals surface area contributed by atoms with Gasteiger partial charge in [-0.05, 0) is 38.4 Å². The molecule has 1 saturated heterocycles. The number of hydrogen-bond acceptors (Lipinski definition) is 5. The van der Waals surface area contributed by atoms with Crippen molar-refractivity contribution >= 4 is 11.8 Å². The van der Waals surface area contributed by atoms with Gasteiger partial charge in [0.15, 0.2) is 11.0 Å². The van der Waals surface area contributed by atoms with E-state index >= 15 is 0 Å². The van der Waals surface area contributed by atoms with Gasteiger partial charge < -0.3 is 4.90 Å². The number of rotatable bonds is 4. The number of aryl methyl sites for hydroxylation is 1. The smallest absolute Gasteiger partial charge is 0.193 e. The van der Waals surface area contributed by atoms with Gasteiger partial charge in [-0.3, -0.25) is 9.47 Å². The third kappa shape index (κ3) is 3.36. The van der Waals surface area contributed by atoms with Gasteiger partial charge in [-0.25, -0.2) is 0 Å². The van der Waals surface area contributed by atoms with Crippen LogP contribution in [-0.4, -0.2) is 56.6 Å². The molecule has 0 unspecified atom stereocenters. The summed E-state index contributed by atoms with van der Waals surface area (Å²) in [5.41, 5.74) is 2.44. The van der Waals surface area contributed by atoms with Crippen LogP contribution >= 0.6 is 11.8 Å². The van der Waals surface area contributed by atoms with Gasteiger partial charge in [-0.1, -0.05) is 42.4 Å². The number of piperidine rings is 1. The summed E-state index contributed by atoms with van der Waals surface area (Å²) in [6.07, 6.45) is 4.13. The number of benzene rings is 1. The van der Waals surface area contributed by atoms with E-state index in [1.54, 1.807) is 11.8 Å². The van der Waals surface area contributed by atoms with Gasteiger partial charge in [-0.2, -0.15) is 0 Å². The first-order chi connectivity index (χ1) is 11.8. The first-order valence-corrected chi connectivity index (χ1v) is 9.86. The second kappa shape index (κ2) is 7.25. The van der Waals surface area contributed by atoms with Crippen molar-refractivity contribution in [1.82, 2.24) is 24.6 Å². The van der Waals surface area contributed by atoms with Crippen LogP contribution in [0.25, 0.3) is 11.4 Å². The fourth-order valence-electron chi connectivity index (χ4n) is 3.54. The molecule has 0 amide bonds. The summed E-state index contributed by atoms with van der Waals surface area (Å²) < 4.78 is 2.27. The summed E-state index contributed by atoms with van der Waals surface area (Å²) in [6, 6.07) is 8.44. The Morgan fingerprint density at radius 2 is 1.79 bits per heavy atom. The number of aromatic nitrogens is 3. The Kier molecular flexibility index (Phi) is 4.87. The predicted octanol–water partition coefficient (Wildman–Crippen LogP) is 3.06. The van der Waals surface area contributed by atoms with Crippen LogP contribution in [0.3, 0.4) is 0 Å². The van der Waals surface area contributed by atoms with Gasteiger partial charge in [0.1, 0.15) is 0 Å². The Morgan fingerprint density at radius 3 is 2.62 bits per heavy atom. The highest BCUT2D eigenvalue weighted by molar-refractivity contribution is 7.99. The first kappa shape index (κ1) is 16.1. The lowest BCUT2D eigenvalue weighted by molar-refractivity contribution is 0.169. The summed E-state index contributed by atoms with van der Waals surface area (Å²) in [7, 11) is 0. The second-order valence-electron chi connectivity index (χ2n) is 6.76. The Balaban J connectivity index is 1.46. The lowest BCUT2D eigenvalue weighted by atomic mass is 10.1. The molecule has 128 valence electrons. The zero-order valence-electron chi connectivity index (χ0n) is 14.3. The van der Waals surface area contributed by atoms with Crippen LogP contribution < -0.4 is 0 Å². The number of likely N-dealkylation sites (tertiary alicyclic amines) is 1. The van der Waals surface area contributed by atoms with Crippen molar-refractivity contribution in [3.8, 4) is 11.4 Å². The van der Waals surface area contributed by atoms with E-state index < -0.39 is 0 Å². The summed E-state index contributed by atoms with van der Waals surface area (Å²) in [5.74, 6) is 2.01. The third-order valence-electron chi connectivity index (χ3n) is 5.00. The summed E-state index contributed by atoms with van der Waals surface area (Å²) in [4.78, 5) is 5.12. The number of fused-ring (bicyclic) bond motifs is 1. The average Bonchev–Trinajstić information content (AvgIpc) is 3.04. The van der Waals surface area contributed by atoms with Gasteiger partial charge in [0.25, 0.3) is 0 Å². The fraction of sp³-hybridized carbons (Fsp3) is 0.556. The summed E-state index contributed by atoms with van der Waals surface area (Å²) >= 11 is 1.80. The quantitative estimate of drug-likeness (QED) is 0.853. The molecule has 2 aliphatic heterocycles. The minimum Gasteiger partial charge on any atom is -0.302 e. The molecule has 5 nitrogen and oxygen atoms in total. The highest BCUT2D eigenvalue weighted by Gasteiger charge is 2.23. The minimum atomic E-state index is 0.896. The van der Waals surface area contributed by atoms with E-state index in [-0.39, 0.29) is 0 Å². The van der Waals surface area contributed by atoms with E-state index in [0.29, 0.717) is 0 Å². The molecular formula is C18H25N5S. The van der Waals surface area contributed by atoms with E-state index in [4.69, 9.17) is 0 Å². The second-order valence-corrected chi connectivity index (χ2v) is 7.67. The first-order valence-electron chi connectivity index (χ1n) is 8.88. The molecule has 0 N–H and O–H groups in total. The maximum absolute atomic E-state index is 4.47. The predicted molar refractivity (Wildman–Crippen MR) is 97.9 cm³/mol. The van der Waals surface area contributed by atoms with Gasteiger partial charge in [0.2, 0.25) is 0 Å². The highest BCUT2D eigenvalue weighted by atomic mass is 32.2. The monoisotopic (exact) mass is 343 g/mol.